The normalized spacial score (nSPS) is 11.6. The summed E-state index contributed by atoms with van der Waals surface area (Å²) in [6, 6.07) is 74.0. The van der Waals surface area contributed by atoms with Crippen molar-refractivity contribution in [3.63, 3.8) is 0 Å². The third kappa shape index (κ3) is 5.05. The van der Waals surface area contributed by atoms with E-state index in [1.165, 1.54) is 38.3 Å². The molecule has 0 radical (unpaired) electrons. The van der Waals surface area contributed by atoms with Crippen molar-refractivity contribution in [3.8, 4) is 27.9 Å². The molecule has 0 saturated heterocycles. The zero-order valence-electron chi connectivity index (χ0n) is 29.9. The Morgan fingerprint density at radius 2 is 1.00 bits per heavy atom. The number of benzene rings is 9. The van der Waals surface area contributed by atoms with Crippen LogP contribution >= 0.6 is 0 Å². The molecule has 3 nitrogen and oxygen atoms in total. The average Bonchev–Trinajstić information content (AvgIpc) is 3.80. The first-order chi connectivity index (χ1) is 27.3. The molecule has 11 rings (SSSR count). The van der Waals surface area contributed by atoms with Crippen LogP contribution in [-0.2, 0) is 0 Å². The lowest BCUT2D eigenvalue weighted by atomic mass is 10.00. The molecule has 0 saturated carbocycles. The predicted molar refractivity (Wildman–Crippen MR) is 231 cm³/mol. The van der Waals surface area contributed by atoms with Gasteiger partial charge in [0.05, 0.1) is 22.4 Å². The van der Waals surface area contributed by atoms with E-state index >= 15 is 0 Å². The first-order valence-corrected chi connectivity index (χ1v) is 18.8. The summed E-state index contributed by atoms with van der Waals surface area (Å²) in [5.41, 5.74) is 13.1. The third-order valence-corrected chi connectivity index (χ3v) is 11.0. The first-order valence-electron chi connectivity index (χ1n) is 18.8. The molecule has 0 aliphatic heterocycles. The Labute approximate surface area is 318 Å². The summed E-state index contributed by atoms with van der Waals surface area (Å²) in [6.45, 7) is 0. The van der Waals surface area contributed by atoms with Gasteiger partial charge in [-0.25, -0.2) is 0 Å². The van der Waals surface area contributed by atoms with Crippen molar-refractivity contribution in [2.45, 2.75) is 0 Å². The van der Waals surface area contributed by atoms with Crippen LogP contribution in [0.3, 0.4) is 0 Å². The molecule has 0 aliphatic rings. The van der Waals surface area contributed by atoms with E-state index in [1.54, 1.807) is 0 Å². The van der Waals surface area contributed by atoms with Crippen LogP contribution in [0.15, 0.2) is 211 Å². The lowest BCUT2D eigenvalue weighted by Gasteiger charge is -2.28. The van der Waals surface area contributed by atoms with Crippen molar-refractivity contribution in [1.82, 2.24) is 4.57 Å². The van der Waals surface area contributed by atoms with Crippen molar-refractivity contribution in [1.29, 1.82) is 0 Å². The number of aromatic nitrogens is 1. The van der Waals surface area contributed by atoms with Gasteiger partial charge in [0.25, 0.3) is 0 Å². The Kier molecular flexibility index (Phi) is 7.17. The molecule has 0 aliphatic carbocycles. The highest BCUT2D eigenvalue weighted by Gasteiger charge is 2.21. The molecule has 2 heterocycles. The van der Waals surface area contributed by atoms with Gasteiger partial charge in [-0.2, -0.15) is 0 Å². The fourth-order valence-electron chi connectivity index (χ4n) is 8.48. The lowest BCUT2D eigenvalue weighted by Crippen LogP contribution is -2.11. The van der Waals surface area contributed by atoms with Crippen LogP contribution in [0.2, 0.25) is 0 Å². The van der Waals surface area contributed by atoms with E-state index in [0.29, 0.717) is 0 Å². The largest absolute Gasteiger partial charge is 0.455 e. The minimum atomic E-state index is 0.904. The van der Waals surface area contributed by atoms with E-state index in [1.807, 2.05) is 12.1 Å². The quantitative estimate of drug-likeness (QED) is 0.172. The Morgan fingerprint density at radius 1 is 0.382 bits per heavy atom. The fraction of sp³-hybridized carbons (Fsp3) is 0. The Bertz CT molecular complexity index is 3200. The Morgan fingerprint density at radius 3 is 1.89 bits per heavy atom. The van der Waals surface area contributed by atoms with Crippen molar-refractivity contribution >= 4 is 71.6 Å². The van der Waals surface area contributed by atoms with Gasteiger partial charge in [0.1, 0.15) is 11.2 Å². The minimum Gasteiger partial charge on any atom is -0.455 e. The summed E-state index contributed by atoms with van der Waals surface area (Å²) in [5, 5.41) is 7.16. The van der Waals surface area contributed by atoms with Crippen molar-refractivity contribution in [2.24, 2.45) is 0 Å². The monoisotopic (exact) mass is 702 g/mol. The van der Waals surface area contributed by atoms with E-state index in [2.05, 4.69) is 204 Å². The summed E-state index contributed by atoms with van der Waals surface area (Å²) in [7, 11) is 0. The zero-order chi connectivity index (χ0) is 36.3. The molecule has 0 spiro atoms. The molecule has 0 atom stereocenters. The Hall–Kier alpha value is -7.36. The fourth-order valence-corrected chi connectivity index (χ4v) is 8.48. The summed E-state index contributed by atoms with van der Waals surface area (Å²) >= 11 is 0. The van der Waals surface area contributed by atoms with Crippen LogP contribution in [0.1, 0.15) is 0 Å². The number of nitrogens with zero attached hydrogens (tertiary/aromatic N) is 2. The molecule has 0 bridgehead atoms. The van der Waals surface area contributed by atoms with E-state index in [9.17, 15) is 0 Å². The number of furan rings is 1. The second-order valence-corrected chi connectivity index (χ2v) is 14.1. The number of hydrogen-bond donors (Lipinski definition) is 0. The highest BCUT2D eigenvalue weighted by molar-refractivity contribution is 6.12. The van der Waals surface area contributed by atoms with Gasteiger partial charge >= 0.3 is 0 Å². The molecule has 3 heteroatoms. The van der Waals surface area contributed by atoms with Crippen LogP contribution < -0.4 is 4.90 Å². The lowest BCUT2D eigenvalue weighted by molar-refractivity contribution is 0.670. The number of rotatable bonds is 6. The van der Waals surface area contributed by atoms with Gasteiger partial charge in [-0.05, 0) is 65.0 Å². The number of hydrogen-bond acceptors (Lipinski definition) is 2. The van der Waals surface area contributed by atoms with Gasteiger partial charge in [0.2, 0.25) is 0 Å². The first kappa shape index (κ1) is 31.2. The van der Waals surface area contributed by atoms with Crippen LogP contribution in [0.5, 0.6) is 0 Å². The molecule has 0 unspecified atom stereocenters. The highest BCUT2D eigenvalue weighted by atomic mass is 16.3. The van der Waals surface area contributed by atoms with E-state index in [4.69, 9.17) is 4.42 Å². The molecular formula is C52H34N2O. The topological polar surface area (TPSA) is 21.3 Å². The summed E-state index contributed by atoms with van der Waals surface area (Å²) in [4.78, 5) is 2.40. The van der Waals surface area contributed by atoms with Gasteiger partial charge < -0.3 is 13.9 Å². The van der Waals surface area contributed by atoms with Gasteiger partial charge in [-0.1, -0.05) is 158 Å². The van der Waals surface area contributed by atoms with Crippen LogP contribution in [0.25, 0.3) is 82.5 Å². The number of anilines is 3. The van der Waals surface area contributed by atoms with E-state index in [-0.39, 0.29) is 0 Å². The summed E-state index contributed by atoms with van der Waals surface area (Å²) in [5.74, 6) is 0. The molecule has 258 valence electrons. The minimum absolute atomic E-state index is 0.904. The molecule has 0 fully saturated rings. The van der Waals surface area contributed by atoms with Gasteiger partial charge in [0, 0.05) is 49.4 Å². The third-order valence-electron chi connectivity index (χ3n) is 11.0. The predicted octanol–water partition coefficient (Wildman–Crippen LogP) is 14.6. The second kappa shape index (κ2) is 12.6. The second-order valence-electron chi connectivity index (χ2n) is 14.1. The highest BCUT2D eigenvalue weighted by Crippen LogP contribution is 2.44. The molecule has 11 aromatic rings. The SMILES string of the molecule is c1ccc(-c2ccccc2N(c2ccc(-c3cccc4c3oc3ccccc34)cc2)c2ccc3c4ccccc4n(-c4cccc5ccccc45)c3c2)cc1. The molecular weight excluding hydrogens is 669 g/mol. The summed E-state index contributed by atoms with van der Waals surface area (Å²) < 4.78 is 8.89. The van der Waals surface area contributed by atoms with Crippen molar-refractivity contribution in [2.75, 3.05) is 4.90 Å². The molecule has 55 heavy (non-hydrogen) atoms. The standard InChI is InChI=1S/C52H34N2O/c1-2-14-35(15-3-1)40-19-6-9-24-47(40)53(38-30-28-37(29-31-38)42-22-13-23-46-45-21-8-11-27-51(45)55-52(42)46)39-32-33-44-43-20-7-10-25-49(43)54(50(44)34-39)48-26-12-17-36-16-4-5-18-41(36)48/h1-34H. The number of para-hydroxylation sites is 4. The van der Waals surface area contributed by atoms with Crippen LogP contribution in [0.4, 0.5) is 17.1 Å². The molecule has 0 N–H and O–H groups in total. The summed E-state index contributed by atoms with van der Waals surface area (Å²) in [6.07, 6.45) is 0. The van der Waals surface area contributed by atoms with Crippen molar-refractivity contribution in [3.05, 3.63) is 206 Å². The maximum Gasteiger partial charge on any atom is 0.143 e. The maximum absolute atomic E-state index is 6.45. The van der Waals surface area contributed by atoms with E-state index < -0.39 is 0 Å². The maximum atomic E-state index is 6.45. The van der Waals surface area contributed by atoms with Gasteiger partial charge in [-0.15, -0.1) is 0 Å². The zero-order valence-corrected chi connectivity index (χ0v) is 29.9. The average molecular weight is 703 g/mol. The van der Waals surface area contributed by atoms with Gasteiger partial charge in [-0.3, -0.25) is 0 Å². The van der Waals surface area contributed by atoms with Gasteiger partial charge in [0.15, 0.2) is 0 Å². The van der Waals surface area contributed by atoms with Crippen molar-refractivity contribution < 1.29 is 4.42 Å². The molecule has 0 amide bonds. The smallest absolute Gasteiger partial charge is 0.143 e. The number of fused-ring (bicyclic) bond motifs is 7. The molecule has 9 aromatic carbocycles. The van der Waals surface area contributed by atoms with Crippen LogP contribution in [0, 0.1) is 0 Å². The van der Waals surface area contributed by atoms with E-state index in [0.717, 1.165) is 61.2 Å². The molecule has 2 aromatic heterocycles. The van der Waals surface area contributed by atoms with Crippen LogP contribution in [-0.4, -0.2) is 4.57 Å². The Balaban J connectivity index is 1.13.